The van der Waals surface area contributed by atoms with Gasteiger partial charge in [0.2, 0.25) is 0 Å². The number of hydrogen-bond acceptors (Lipinski definition) is 4. The van der Waals surface area contributed by atoms with Crippen LogP contribution in [0.3, 0.4) is 0 Å². The Bertz CT molecular complexity index is 483. The monoisotopic (exact) mass is 307 g/mol. The van der Waals surface area contributed by atoms with Gasteiger partial charge in [-0.15, -0.1) is 0 Å². The highest BCUT2D eigenvalue weighted by Crippen LogP contribution is 2.18. The molecular weight excluding hydrogens is 282 g/mol. The number of carbonyl (C=O) groups is 1. The van der Waals surface area contributed by atoms with Crippen molar-refractivity contribution in [2.45, 2.75) is 44.9 Å². The highest BCUT2D eigenvalue weighted by Gasteiger charge is 2.35. The topological polar surface area (TPSA) is 59.0 Å². The summed E-state index contributed by atoms with van der Waals surface area (Å²) < 4.78 is 10.9. The molecule has 5 heteroatoms. The van der Waals surface area contributed by atoms with E-state index < -0.39 is 17.8 Å². The SMILES string of the molecule is CC(C)(C)OC(=O)N1CCOC[C@@H]1C(O)Cc1ccccc1. The second-order valence-electron chi connectivity index (χ2n) is 6.57. The quantitative estimate of drug-likeness (QED) is 0.930. The van der Waals surface area contributed by atoms with Crippen LogP contribution >= 0.6 is 0 Å². The third-order valence-electron chi connectivity index (χ3n) is 3.53. The van der Waals surface area contributed by atoms with Crippen LogP contribution in [0.5, 0.6) is 0 Å². The minimum Gasteiger partial charge on any atom is -0.444 e. The molecule has 2 rings (SSSR count). The number of rotatable bonds is 3. The van der Waals surface area contributed by atoms with Gasteiger partial charge >= 0.3 is 6.09 Å². The second kappa shape index (κ2) is 7.11. The molecule has 0 aliphatic carbocycles. The number of aliphatic hydroxyl groups excluding tert-OH is 1. The van der Waals surface area contributed by atoms with E-state index in [-0.39, 0.29) is 6.04 Å². The molecule has 1 aromatic carbocycles. The molecule has 1 amide bonds. The van der Waals surface area contributed by atoms with Gasteiger partial charge in [0.25, 0.3) is 0 Å². The van der Waals surface area contributed by atoms with Crippen molar-refractivity contribution >= 4 is 6.09 Å². The van der Waals surface area contributed by atoms with Gasteiger partial charge in [0, 0.05) is 13.0 Å². The molecule has 0 radical (unpaired) electrons. The van der Waals surface area contributed by atoms with Crippen LogP contribution in [-0.4, -0.2) is 53.6 Å². The van der Waals surface area contributed by atoms with Crippen molar-refractivity contribution < 1.29 is 19.4 Å². The summed E-state index contributed by atoms with van der Waals surface area (Å²) in [5, 5.41) is 10.5. The van der Waals surface area contributed by atoms with Gasteiger partial charge in [-0.05, 0) is 26.3 Å². The zero-order valence-electron chi connectivity index (χ0n) is 13.5. The smallest absolute Gasteiger partial charge is 0.410 e. The van der Waals surface area contributed by atoms with Crippen molar-refractivity contribution in [3.8, 4) is 0 Å². The van der Waals surface area contributed by atoms with Crippen molar-refractivity contribution in [3.05, 3.63) is 35.9 Å². The number of benzene rings is 1. The van der Waals surface area contributed by atoms with Crippen LogP contribution in [0, 0.1) is 0 Å². The summed E-state index contributed by atoms with van der Waals surface area (Å²) in [7, 11) is 0. The Morgan fingerprint density at radius 1 is 1.41 bits per heavy atom. The molecule has 5 nitrogen and oxygen atoms in total. The predicted octanol–water partition coefficient (Wildman–Crippen LogP) is 2.23. The van der Waals surface area contributed by atoms with Gasteiger partial charge in [-0.1, -0.05) is 30.3 Å². The normalized spacial score (nSPS) is 20.5. The van der Waals surface area contributed by atoms with E-state index in [1.54, 1.807) is 4.90 Å². The Morgan fingerprint density at radius 2 is 2.09 bits per heavy atom. The highest BCUT2D eigenvalue weighted by molar-refractivity contribution is 5.68. The number of morpholine rings is 1. The number of nitrogens with zero attached hydrogens (tertiary/aromatic N) is 1. The maximum absolute atomic E-state index is 12.3. The minimum absolute atomic E-state index is 0.327. The Morgan fingerprint density at radius 3 is 2.73 bits per heavy atom. The molecule has 1 heterocycles. The zero-order valence-corrected chi connectivity index (χ0v) is 13.5. The summed E-state index contributed by atoms with van der Waals surface area (Å²) in [5.74, 6) is 0. The van der Waals surface area contributed by atoms with Gasteiger partial charge in [-0.3, -0.25) is 4.90 Å². The fraction of sp³-hybridized carbons (Fsp3) is 0.588. The first-order chi connectivity index (χ1) is 10.4. The maximum Gasteiger partial charge on any atom is 0.410 e. The Labute approximate surface area is 131 Å². The van der Waals surface area contributed by atoms with Crippen LogP contribution in [-0.2, 0) is 15.9 Å². The van der Waals surface area contributed by atoms with Gasteiger partial charge in [-0.25, -0.2) is 4.79 Å². The van der Waals surface area contributed by atoms with Crippen LogP contribution in [0.15, 0.2) is 30.3 Å². The predicted molar refractivity (Wildman–Crippen MR) is 83.7 cm³/mol. The molecule has 0 saturated carbocycles. The lowest BCUT2D eigenvalue weighted by molar-refractivity contribution is -0.0660. The third-order valence-corrected chi connectivity index (χ3v) is 3.53. The largest absolute Gasteiger partial charge is 0.444 e. The fourth-order valence-electron chi connectivity index (χ4n) is 2.48. The second-order valence-corrected chi connectivity index (χ2v) is 6.57. The molecule has 2 atom stereocenters. The Balaban J connectivity index is 2.04. The number of hydrogen-bond donors (Lipinski definition) is 1. The molecule has 22 heavy (non-hydrogen) atoms. The van der Waals surface area contributed by atoms with Crippen LogP contribution in [0.1, 0.15) is 26.3 Å². The lowest BCUT2D eigenvalue weighted by atomic mass is 10.0. The molecule has 1 aliphatic rings. The molecular formula is C17H25NO4. The number of ether oxygens (including phenoxy) is 2. The van der Waals surface area contributed by atoms with E-state index in [4.69, 9.17) is 9.47 Å². The molecule has 1 aliphatic heterocycles. The van der Waals surface area contributed by atoms with E-state index in [0.29, 0.717) is 26.2 Å². The first kappa shape index (κ1) is 16.8. The van der Waals surface area contributed by atoms with E-state index in [1.807, 2.05) is 51.1 Å². The zero-order chi connectivity index (χ0) is 16.2. The average molecular weight is 307 g/mol. The average Bonchev–Trinajstić information content (AvgIpc) is 2.46. The molecule has 1 saturated heterocycles. The molecule has 0 aromatic heterocycles. The van der Waals surface area contributed by atoms with E-state index in [9.17, 15) is 9.90 Å². The summed E-state index contributed by atoms with van der Waals surface area (Å²) in [6.45, 7) is 6.73. The molecule has 122 valence electrons. The van der Waals surface area contributed by atoms with Gasteiger partial charge in [0.15, 0.2) is 0 Å². The summed E-state index contributed by atoms with van der Waals surface area (Å²) >= 11 is 0. The lowest BCUT2D eigenvalue weighted by Gasteiger charge is -2.38. The Kier molecular flexibility index (Phi) is 5.42. The van der Waals surface area contributed by atoms with Crippen LogP contribution < -0.4 is 0 Å². The van der Waals surface area contributed by atoms with E-state index >= 15 is 0 Å². The first-order valence-electron chi connectivity index (χ1n) is 7.66. The highest BCUT2D eigenvalue weighted by atomic mass is 16.6. The Hall–Kier alpha value is -1.59. The molecule has 0 bridgehead atoms. The molecule has 1 N–H and O–H groups in total. The molecule has 1 aromatic rings. The number of aliphatic hydroxyl groups is 1. The summed E-state index contributed by atoms with van der Waals surface area (Å²) in [5.41, 5.74) is 0.481. The summed E-state index contributed by atoms with van der Waals surface area (Å²) in [4.78, 5) is 13.9. The molecule has 0 spiro atoms. The molecule has 1 fully saturated rings. The van der Waals surface area contributed by atoms with Gasteiger partial charge in [-0.2, -0.15) is 0 Å². The van der Waals surface area contributed by atoms with Gasteiger partial charge < -0.3 is 14.6 Å². The minimum atomic E-state index is -0.685. The number of amides is 1. The standard InChI is InChI=1S/C17H25NO4/c1-17(2,3)22-16(20)18-9-10-21-12-14(18)15(19)11-13-7-5-4-6-8-13/h4-8,14-15,19H,9-12H2,1-3H3/t14-,15?/m1/s1. The van der Waals surface area contributed by atoms with Crippen LogP contribution in [0.2, 0.25) is 0 Å². The van der Waals surface area contributed by atoms with Crippen molar-refractivity contribution in [2.75, 3.05) is 19.8 Å². The summed E-state index contributed by atoms with van der Waals surface area (Å²) in [6, 6.07) is 9.35. The summed E-state index contributed by atoms with van der Waals surface area (Å²) in [6.07, 6.45) is -0.600. The lowest BCUT2D eigenvalue weighted by Crippen LogP contribution is -2.55. The van der Waals surface area contributed by atoms with Gasteiger partial charge in [0.05, 0.1) is 25.4 Å². The van der Waals surface area contributed by atoms with Crippen molar-refractivity contribution in [1.29, 1.82) is 0 Å². The van der Waals surface area contributed by atoms with E-state index in [1.165, 1.54) is 0 Å². The maximum atomic E-state index is 12.3. The van der Waals surface area contributed by atoms with E-state index in [0.717, 1.165) is 5.56 Å². The van der Waals surface area contributed by atoms with Crippen LogP contribution in [0.25, 0.3) is 0 Å². The molecule has 1 unspecified atom stereocenters. The fourth-order valence-corrected chi connectivity index (χ4v) is 2.48. The van der Waals surface area contributed by atoms with Crippen LogP contribution in [0.4, 0.5) is 4.79 Å². The first-order valence-corrected chi connectivity index (χ1v) is 7.66. The van der Waals surface area contributed by atoms with Gasteiger partial charge in [0.1, 0.15) is 5.60 Å². The van der Waals surface area contributed by atoms with Crippen molar-refractivity contribution in [1.82, 2.24) is 4.90 Å². The van der Waals surface area contributed by atoms with Crippen molar-refractivity contribution in [3.63, 3.8) is 0 Å². The third kappa shape index (κ3) is 4.71. The van der Waals surface area contributed by atoms with E-state index in [2.05, 4.69) is 0 Å². The number of carbonyl (C=O) groups excluding carboxylic acids is 1. The van der Waals surface area contributed by atoms with Crippen molar-refractivity contribution in [2.24, 2.45) is 0 Å².